The smallest absolute Gasteiger partial charge is 0.450 e. The molecule has 1 atom stereocenters. The summed E-state index contributed by atoms with van der Waals surface area (Å²) in [6.07, 6.45) is -7.75. The summed E-state index contributed by atoms with van der Waals surface area (Å²) in [6.45, 7) is 0. The molecule has 14 heteroatoms. The summed E-state index contributed by atoms with van der Waals surface area (Å²) < 4.78 is 82.1. The zero-order valence-electron chi connectivity index (χ0n) is 16.7. The van der Waals surface area contributed by atoms with Gasteiger partial charge in [-0.15, -0.1) is 0 Å². The third-order valence-electron chi connectivity index (χ3n) is 4.06. The highest BCUT2D eigenvalue weighted by atomic mass is 35.5. The fourth-order valence-corrected chi connectivity index (χ4v) is 3.37. The lowest BCUT2D eigenvalue weighted by atomic mass is 10.3. The van der Waals surface area contributed by atoms with Crippen LogP contribution in [0.1, 0.15) is 0 Å². The van der Waals surface area contributed by atoms with Crippen molar-refractivity contribution in [3.05, 3.63) is 59.9 Å². The van der Waals surface area contributed by atoms with Crippen LogP contribution in [0.5, 0.6) is 5.75 Å². The molecular formula is C19H16ClF4N5O3S. The van der Waals surface area contributed by atoms with Crippen molar-refractivity contribution in [2.45, 2.75) is 17.4 Å². The van der Waals surface area contributed by atoms with E-state index in [1.165, 1.54) is 6.07 Å². The molecule has 0 bridgehead atoms. The van der Waals surface area contributed by atoms with Crippen LogP contribution in [0.3, 0.4) is 0 Å². The molecule has 33 heavy (non-hydrogen) atoms. The molecule has 3 N–H and O–H groups in total. The van der Waals surface area contributed by atoms with Crippen molar-refractivity contribution in [2.75, 3.05) is 17.7 Å². The average Bonchev–Trinajstić information content (AvgIpc) is 2.76. The summed E-state index contributed by atoms with van der Waals surface area (Å²) in [4.78, 5) is 7.69. The van der Waals surface area contributed by atoms with Crippen LogP contribution in [0.4, 0.5) is 40.6 Å². The van der Waals surface area contributed by atoms with Crippen molar-refractivity contribution in [2.24, 2.45) is 0 Å². The van der Waals surface area contributed by atoms with Gasteiger partial charge in [-0.05, 0) is 49.5 Å². The second-order valence-electron chi connectivity index (χ2n) is 6.39. The van der Waals surface area contributed by atoms with Gasteiger partial charge in [-0.1, -0.05) is 11.6 Å². The predicted octanol–water partition coefficient (Wildman–Crippen LogP) is 4.76. The molecule has 0 aliphatic heterocycles. The Morgan fingerprint density at radius 1 is 1.00 bits per heavy atom. The maximum absolute atomic E-state index is 13.5. The highest BCUT2D eigenvalue weighted by Crippen LogP contribution is 2.34. The quantitative estimate of drug-likeness (QED) is 0.379. The van der Waals surface area contributed by atoms with Gasteiger partial charge in [0, 0.05) is 16.8 Å². The van der Waals surface area contributed by atoms with Crippen LogP contribution >= 0.6 is 11.6 Å². The summed E-state index contributed by atoms with van der Waals surface area (Å²) in [7, 11) is -2.80. The minimum atomic E-state index is -5.28. The molecule has 3 rings (SSSR count). The summed E-state index contributed by atoms with van der Waals surface area (Å²) in [6, 6.07) is 10.9. The van der Waals surface area contributed by atoms with Gasteiger partial charge < -0.3 is 15.4 Å². The van der Waals surface area contributed by atoms with Gasteiger partial charge >= 0.3 is 12.5 Å². The van der Waals surface area contributed by atoms with Crippen LogP contribution in [0.2, 0.25) is 5.02 Å². The third-order valence-corrected chi connectivity index (χ3v) is 5.73. The van der Waals surface area contributed by atoms with Crippen LogP contribution in [0.25, 0.3) is 0 Å². The fourth-order valence-electron chi connectivity index (χ4n) is 2.49. The molecule has 0 amide bonds. The molecule has 2 aromatic carbocycles. The van der Waals surface area contributed by atoms with Crippen LogP contribution in [-0.4, -0.2) is 38.0 Å². The first kappa shape index (κ1) is 24.5. The monoisotopic (exact) mass is 505 g/mol. The summed E-state index contributed by atoms with van der Waals surface area (Å²) in [5, 5.41) is 6.14. The average molecular weight is 506 g/mol. The van der Waals surface area contributed by atoms with Crippen molar-refractivity contribution in [3.63, 3.8) is 0 Å². The first-order valence-electron chi connectivity index (χ1n) is 9.04. The van der Waals surface area contributed by atoms with Gasteiger partial charge in [-0.3, -0.25) is 0 Å². The molecule has 0 saturated heterocycles. The van der Waals surface area contributed by atoms with E-state index in [0.717, 1.165) is 31.6 Å². The molecule has 1 aromatic heterocycles. The van der Waals surface area contributed by atoms with Crippen LogP contribution in [0, 0.1) is 0 Å². The molecule has 0 radical (unpaired) electrons. The van der Waals surface area contributed by atoms with E-state index in [9.17, 15) is 26.0 Å². The highest BCUT2D eigenvalue weighted by Gasteiger charge is 2.43. The largest absolute Gasteiger partial charge is 0.457 e. The van der Waals surface area contributed by atoms with Crippen molar-refractivity contribution >= 4 is 44.6 Å². The van der Waals surface area contributed by atoms with Crippen molar-refractivity contribution < 1.29 is 30.7 Å². The fraction of sp³-hybridized carbons (Fsp3) is 0.158. The number of aromatic nitrogens is 2. The summed E-state index contributed by atoms with van der Waals surface area (Å²) >= 11 is 5.84. The van der Waals surface area contributed by atoms with E-state index < -0.39 is 28.3 Å². The van der Waals surface area contributed by atoms with Gasteiger partial charge in [-0.25, -0.2) is 23.1 Å². The number of sulfonamides is 1. The Morgan fingerprint density at radius 2 is 1.64 bits per heavy atom. The van der Waals surface area contributed by atoms with E-state index in [1.807, 2.05) is 0 Å². The predicted molar refractivity (Wildman–Crippen MR) is 114 cm³/mol. The molecule has 176 valence electrons. The first-order chi connectivity index (χ1) is 15.5. The van der Waals surface area contributed by atoms with Crippen LogP contribution in [-0.2, 0) is 10.0 Å². The van der Waals surface area contributed by atoms with Crippen LogP contribution < -0.4 is 20.1 Å². The molecule has 1 heterocycles. The number of ether oxygens (including phenoxy) is 1. The Kier molecular flexibility index (Phi) is 7.25. The van der Waals surface area contributed by atoms with Gasteiger partial charge in [-0.2, -0.15) is 17.6 Å². The standard InChI is InChI=1S/C19H16ClF4N5O3S/c1-25-33(30,31)13-6-7-15(32-18(21)19(22,23)24)14(8-13)29-17-9-16(26-10-27-17)28-12-4-2-11(20)3-5-12/h2-10,18,25H,1H3,(H2,26,27,28,29). The number of benzene rings is 2. The number of nitrogens with zero attached hydrogens (tertiary/aromatic N) is 2. The normalized spacial score (nSPS) is 12.8. The van der Waals surface area contributed by atoms with E-state index in [1.54, 1.807) is 24.3 Å². The van der Waals surface area contributed by atoms with Gasteiger partial charge in [0.2, 0.25) is 10.0 Å². The Morgan fingerprint density at radius 3 is 2.24 bits per heavy atom. The molecule has 0 fully saturated rings. The lowest BCUT2D eigenvalue weighted by Crippen LogP contribution is -2.30. The second kappa shape index (κ2) is 9.77. The van der Waals surface area contributed by atoms with E-state index in [4.69, 9.17) is 11.6 Å². The number of alkyl halides is 4. The lowest BCUT2D eigenvalue weighted by Gasteiger charge is -2.18. The maximum atomic E-state index is 13.5. The van der Waals surface area contributed by atoms with Crippen LogP contribution in [0.15, 0.2) is 59.8 Å². The number of rotatable bonds is 8. The molecular weight excluding hydrogens is 490 g/mol. The number of hydrogen-bond acceptors (Lipinski definition) is 7. The maximum Gasteiger partial charge on any atom is 0.457 e. The lowest BCUT2D eigenvalue weighted by molar-refractivity contribution is -0.236. The van der Waals surface area contributed by atoms with E-state index in [0.29, 0.717) is 16.5 Å². The van der Waals surface area contributed by atoms with Crippen molar-refractivity contribution in [1.82, 2.24) is 14.7 Å². The van der Waals surface area contributed by atoms with E-state index in [-0.39, 0.29) is 16.4 Å². The molecule has 0 saturated carbocycles. The summed E-state index contributed by atoms with van der Waals surface area (Å²) in [5.41, 5.74) is 0.370. The Balaban J connectivity index is 1.93. The topological polar surface area (TPSA) is 105 Å². The van der Waals surface area contributed by atoms with Crippen molar-refractivity contribution in [3.8, 4) is 5.75 Å². The Labute approximate surface area is 191 Å². The first-order valence-corrected chi connectivity index (χ1v) is 10.9. The zero-order valence-corrected chi connectivity index (χ0v) is 18.3. The molecule has 1 unspecified atom stereocenters. The molecule has 3 aromatic rings. The van der Waals surface area contributed by atoms with E-state index in [2.05, 4.69) is 30.1 Å². The number of hydrogen-bond donors (Lipinski definition) is 3. The number of halogens is 5. The SMILES string of the molecule is CNS(=O)(=O)c1ccc(OC(F)C(F)(F)F)c(Nc2cc(Nc3ccc(Cl)cc3)ncn2)c1. The van der Waals surface area contributed by atoms with Gasteiger partial charge in [0.1, 0.15) is 23.7 Å². The molecule has 0 aliphatic rings. The summed E-state index contributed by atoms with van der Waals surface area (Å²) in [5.74, 6) is -0.219. The van der Waals surface area contributed by atoms with Gasteiger partial charge in [0.15, 0.2) is 0 Å². The van der Waals surface area contributed by atoms with Gasteiger partial charge in [0.25, 0.3) is 0 Å². The number of nitrogens with one attached hydrogen (secondary N) is 3. The number of anilines is 4. The molecule has 0 spiro atoms. The van der Waals surface area contributed by atoms with Gasteiger partial charge in [0.05, 0.1) is 10.6 Å². The highest BCUT2D eigenvalue weighted by molar-refractivity contribution is 7.89. The molecule has 8 nitrogen and oxygen atoms in total. The Bertz CT molecular complexity index is 1230. The second-order valence-corrected chi connectivity index (χ2v) is 8.71. The zero-order chi connectivity index (χ0) is 24.2. The minimum Gasteiger partial charge on any atom is -0.450 e. The van der Waals surface area contributed by atoms with E-state index >= 15 is 0 Å². The third kappa shape index (κ3) is 6.43. The van der Waals surface area contributed by atoms with Crippen molar-refractivity contribution in [1.29, 1.82) is 0 Å². The minimum absolute atomic E-state index is 0.0627. The Hall–Kier alpha value is -3.16. The molecule has 0 aliphatic carbocycles.